The van der Waals surface area contributed by atoms with Crippen molar-refractivity contribution in [2.45, 2.75) is 13.8 Å². The van der Waals surface area contributed by atoms with Gasteiger partial charge in [-0.15, -0.1) is 0 Å². The lowest BCUT2D eigenvalue weighted by Crippen LogP contribution is -2.20. The van der Waals surface area contributed by atoms with Gasteiger partial charge in [0, 0.05) is 14.1 Å². The zero-order valence-electron chi connectivity index (χ0n) is 16.2. The Morgan fingerprint density at radius 1 is 1.00 bits per heavy atom. The Labute approximate surface area is 162 Å². The van der Waals surface area contributed by atoms with Gasteiger partial charge in [0.1, 0.15) is 11.4 Å². The normalized spacial score (nSPS) is 10.6. The molecule has 0 unspecified atom stereocenters. The molecule has 2 heterocycles. The average molecular weight is 382 g/mol. The molecule has 0 spiro atoms. The Morgan fingerprint density at radius 2 is 1.64 bits per heavy atom. The molecule has 2 N–H and O–H groups in total. The van der Waals surface area contributed by atoms with Gasteiger partial charge >= 0.3 is 0 Å². The molecule has 3 aromatic rings. The molecule has 9 nitrogen and oxygen atoms in total. The van der Waals surface area contributed by atoms with Crippen LogP contribution >= 0.6 is 0 Å². The summed E-state index contributed by atoms with van der Waals surface area (Å²) in [6, 6.07) is 6.93. The Kier molecular flexibility index (Phi) is 5.44. The summed E-state index contributed by atoms with van der Waals surface area (Å²) >= 11 is 0. The van der Waals surface area contributed by atoms with Crippen LogP contribution in [-0.4, -0.2) is 38.0 Å². The third-order valence-electron chi connectivity index (χ3n) is 4.32. The molecule has 2 aromatic heterocycles. The summed E-state index contributed by atoms with van der Waals surface area (Å²) in [6.45, 7) is 4.13. The van der Waals surface area contributed by atoms with Crippen LogP contribution in [-0.2, 0) is 14.1 Å². The van der Waals surface area contributed by atoms with E-state index in [1.54, 1.807) is 49.2 Å². The number of anilines is 2. The van der Waals surface area contributed by atoms with Crippen LogP contribution in [0.5, 0.6) is 5.75 Å². The third-order valence-corrected chi connectivity index (χ3v) is 4.32. The molecule has 0 aliphatic rings. The minimum atomic E-state index is -0.399. The fraction of sp³-hybridized carbons (Fsp3) is 0.263. The number of benzene rings is 1. The molecule has 3 rings (SSSR count). The number of amides is 2. The second-order valence-electron chi connectivity index (χ2n) is 6.14. The molecule has 9 heteroatoms. The van der Waals surface area contributed by atoms with E-state index in [0.717, 1.165) is 5.69 Å². The number of carbonyl (C=O) groups is 2. The predicted molar refractivity (Wildman–Crippen MR) is 105 cm³/mol. The molecule has 28 heavy (non-hydrogen) atoms. The molecule has 0 aliphatic carbocycles. The van der Waals surface area contributed by atoms with Crippen molar-refractivity contribution in [1.82, 2.24) is 19.6 Å². The quantitative estimate of drug-likeness (QED) is 0.681. The van der Waals surface area contributed by atoms with Crippen LogP contribution in [0.3, 0.4) is 0 Å². The second kappa shape index (κ2) is 7.95. The van der Waals surface area contributed by atoms with Crippen LogP contribution < -0.4 is 15.4 Å². The van der Waals surface area contributed by atoms with Crippen LogP contribution in [0.25, 0.3) is 0 Å². The number of hydrogen-bond donors (Lipinski definition) is 2. The van der Waals surface area contributed by atoms with Gasteiger partial charge in [-0.05, 0) is 26.0 Å². The lowest BCUT2D eigenvalue weighted by atomic mass is 10.2. The topological polar surface area (TPSA) is 103 Å². The van der Waals surface area contributed by atoms with Gasteiger partial charge in [-0.1, -0.05) is 12.1 Å². The van der Waals surface area contributed by atoms with Crippen molar-refractivity contribution in [3.8, 4) is 5.75 Å². The van der Waals surface area contributed by atoms with Gasteiger partial charge in [0.2, 0.25) is 0 Å². The van der Waals surface area contributed by atoms with E-state index in [1.807, 2.05) is 13.8 Å². The first-order chi connectivity index (χ1) is 13.4. The number of nitrogens with zero attached hydrogens (tertiary/aromatic N) is 4. The van der Waals surface area contributed by atoms with E-state index in [-0.39, 0.29) is 11.6 Å². The lowest BCUT2D eigenvalue weighted by molar-refractivity contribution is 0.101. The van der Waals surface area contributed by atoms with Gasteiger partial charge < -0.3 is 15.4 Å². The highest BCUT2D eigenvalue weighted by atomic mass is 16.5. The van der Waals surface area contributed by atoms with Crippen LogP contribution in [0.15, 0.2) is 36.7 Å². The molecule has 0 aliphatic heterocycles. The number of para-hydroxylation sites is 1. The molecule has 0 bridgehead atoms. The van der Waals surface area contributed by atoms with Gasteiger partial charge in [0.25, 0.3) is 11.8 Å². The minimum absolute atomic E-state index is 0.227. The molecule has 0 radical (unpaired) electrons. The predicted octanol–water partition coefficient (Wildman–Crippen LogP) is 2.37. The number of aryl methyl sites for hydroxylation is 2. The fourth-order valence-corrected chi connectivity index (χ4v) is 2.73. The third kappa shape index (κ3) is 3.73. The van der Waals surface area contributed by atoms with E-state index < -0.39 is 5.91 Å². The highest BCUT2D eigenvalue weighted by Crippen LogP contribution is 2.22. The molecule has 2 amide bonds. The molecule has 0 saturated carbocycles. The van der Waals surface area contributed by atoms with Crippen molar-refractivity contribution in [2.24, 2.45) is 14.1 Å². The monoisotopic (exact) mass is 382 g/mol. The number of aromatic nitrogens is 4. The van der Waals surface area contributed by atoms with E-state index in [2.05, 4.69) is 20.8 Å². The van der Waals surface area contributed by atoms with Gasteiger partial charge in [-0.25, -0.2) is 0 Å². The summed E-state index contributed by atoms with van der Waals surface area (Å²) in [5.41, 5.74) is 2.31. The molecular formula is C19H22N6O3. The first kappa shape index (κ1) is 19.2. The maximum absolute atomic E-state index is 12.8. The van der Waals surface area contributed by atoms with Crippen LogP contribution in [0.4, 0.5) is 11.4 Å². The SMILES string of the molecule is CCOc1ccccc1C(=O)Nc1cnn(C)c1C(=O)Nc1cnn(C)c1C. The standard InChI is InChI=1S/C19H22N6O3/c1-5-28-16-9-7-6-8-13(16)18(26)23-15-11-21-25(4)17(15)19(27)22-14-10-20-24(3)12(14)2/h6-11H,5H2,1-4H3,(H,22,27)(H,23,26). The molecule has 146 valence electrons. The Hall–Kier alpha value is -3.62. The zero-order chi connectivity index (χ0) is 20.3. The Morgan fingerprint density at radius 3 is 2.32 bits per heavy atom. The molecule has 0 saturated heterocycles. The van der Waals surface area contributed by atoms with Gasteiger partial charge in [0.05, 0.1) is 41.6 Å². The van der Waals surface area contributed by atoms with Crippen molar-refractivity contribution in [1.29, 1.82) is 0 Å². The van der Waals surface area contributed by atoms with Gasteiger partial charge in [-0.2, -0.15) is 10.2 Å². The summed E-state index contributed by atoms with van der Waals surface area (Å²) in [5.74, 6) is -0.309. The maximum atomic E-state index is 12.8. The Balaban J connectivity index is 1.84. The highest BCUT2D eigenvalue weighted by molar-refractivity contribution is 6.12. The first-order valence-corrected chi connectivity index (χ1v) is 8.77. The molecule has 0 atom stereocenters. The summed E-state index contributed by atoms with van der Waals surface area (Å²) in [5, 5.41) is 13.8. The summed E-state index contributed by atoms with van der Waals surface area (Å²) < 4.78 is 8.57. The Bertz CT molecular complexity index is 1020. The smallest absolute Gasteiger partial charge is 0.276 e. The minimum Gasteiger partial charge on any atom is -0.493 e. The number of hydrogen-bond acceptors (Lipinski definition) is 5. The van der Waals surface area contributed by atoms with Gasteiger partial charge in [0.15, 0.2) is 0 Å². The number of nitrogens with one attached hydrogen (secondary N) is 2. The molecular weight excluding hydrogens is 360 g/mol. The lowest BCUT2D eigenvalue weighted by Gasteiger charge is -2.11. The highest BCUT2D eigenvalue weighted by Gasteiger charge is 2.21. The van der Waals surface area contributed by atoms with E-state index in [1.165, 1.54) is 10.9 Å². The van der Waals surface area contributed by atoms with E-state index in [4.69, 9.17) is 4.74 Å². The summed E-state index contributed by atoms with van der Waals surface area (Å²) in [7, 11) is 3.42. The van der Waals surface area contributed by atoms with E-state index in [9.17, 15) is 9.59 Å². The van der Waals surface area contributed by atoms with Crippen molar-refractivity contribution in [3.63, 3.8) is 0 Å². The largest absolute Gasteiger partial charge is 0.493 e. The second-order valence-corrected chi connectivity index (χ2v) is 6.14. The zero-order valence-corrected chi connectivity index (χ0v) is 16.2. The summed E-state index contributed by atoms with van der Waals surface area (Å²) in [6.07, 6.45) is 3.01. The van der Waals surface area contributed by atoms with E-state index in [0.29, 0.717) is 29.3 Å². The number of carbonyl (C=O) groups excluding carboxylic acids is 2. The first-order valence-electron chi connectivity index (χ1n) is 8.77. The van der Waals surface area contributed by atoms with Gasteiger partial charge in [-0.3, -0.25) is 19.0 Å². The maximum Gasteiger partial charge on any atom is 0.276 e. The number of rotatable bonds is 6. The van der Waals surface area contributed by atoms with Crippen molar-refractivity contribution >= 4 is 23.2 Å². The van der Waals surface area contributed by atoms with Crippen LogP contribution in [0.1, 0.15) is 33.5 Å². The molecule has 0 fully saturated rings. The van der Waals surface area contributed by atoms with E-state index >= 15 is 0 Å². The molecule has 1 aromatic carbocycles. The number of ether oxygens (including phenoxy) is 1. The summed E-state index contributed by atoms with van der Waals surface area (Å²) in [4.78, 5) is 25.5. The average Bonchev–Trinajstić information content (AvgIpc) is 3.19. The van der Waals surface area contributed by atoms with Crippen molar-refractivity contribution in [3.05, 3.63) is 53.6 Å². The fourth-order valence-electron chi connectivity index (χ4n) is 2.73. The van der Waals surface area contributed by atoms with Crippen LogP contribution in [0.2, 0.25) is 0 Å². The van der Waals surface area contributed by atoms with Crippen molar-refractivity contribution < 1.29 is 14.3 Å². The van der Waals surface area contributed by atoms with Crippen molar-refractivity contribution in [2.75, 3.05) is 17.2 Å². The van der Waals surface area contributed by atoms with Crippen LogP contribution in [0, 0.1) is 6.92 Å².